The number of nitrogens with one attached hydrogen (secondary N) is 1. The number of rotatable bonds is 5. The van der Waals surface area contributed by atoms with Crippen molar-refractivity contribution in [3.63, 3.8) is 0 Å². The smallest absolute Gasteiger partial charge is 0.298 e. The largest absolute Gasteiger partial charge is 0.423 e. The van der Waals surface area contributed by atoms with Crippen LogP contribution in [0, 0.1) is 0 Å². The molecule has 3 heterocycles. The first-order chi connectivity index (χ1) is 12.3. The van der Waals surface area contributed by atoms with Crippen molar-refractivity contribution < 1.29 is 9.21 Å². The highest BCUT2D eigenvalue weighted by atomic mass is 32.1. The number of para-hydroxylation sites is 2. The van der Waals surface area contributed by atoms with Crippen LogP contribution in [0.15, 0.2) is 52.3 Å². The number of carbonyl (C=O) groups excluding carboxylic acids is 1. The Kier molecular flexibility index (Phi) is 4.52. The number of oxazole rings is 1. The van der Waals surface area contributed by atoms with Gasteiger partial charge >= 0.3 is 0 Å². The third kappa shape index (κ3) is 3.58. The first-order valence-corrected chi connectivity index (χ1v) is 9.29. The van der Waals surface area contributed by atoms with Crippen molar-refractivity contribution in [1.82, 2.24) is 10.3 Å². The molecular weight excluding hydrogens is 334 g/mol. The Morgan fingerprint density at radius 3 is 3.12 bits per heavy atom. The fourth-order valence-corrected chi connectivity index (χ4v) is 3.72. The molecule has 1 atom stereocenters. The van der Waals surface area contributed by atoms with Gasteiger partial charge in [-0.2, -0.15) is 4.98 Å². The summed E-state index contributed by atoms with van der Waals surface area (Å²) in [7, 11) is 0. The Morgan fingerprint density at radius 1 is 1.36 bits per heavy atom. The van der Waals surface area contributed by atoms with E-state index in [2.05, 4.69) is 15.2 Å². The standard InChI is InChI=1S/C19H19N3O2S/c23-18(10-9-15-6-4-12-25-15)20-13-14-5-3-11-22(14)19-21-16-7-1-2-8-17(16)24-19/h1-2,4,6-10,12,14H,3,5,11,13H2,(H,20,23)/b10-9+/t14-/m0/s1. The summed E-state index contributed by atoms with van der Waals surface area (Å²) in [5.74, 6) is -0.0715. The molecule has 1 aliphatic rings. The van der Waals surface area contributed by atoms with Crippen LogP contribution in [-0.2, 0) is 4.79 Å². The minimum atomic E-state index is -0.0715. The van der Waals surface area contributed by atoms with E-state index in [0.29, 0.717) is 12.6 Å². The second-order valence-corrected chi connectivity index (χ2v) is 7.03. The molecule has 2 aromatic heterocycles. The molecule has 0 aliphatic carbocycles. The molecule has 25 heavy (non-hydrogen) atoms. The molecule has 3 aromatic rings. The monoisotopic (exact) mass is 353 g/mol. The highest BCUT2D eigenvalue weighted by molar-refractivity contribution is 7.10. The predicted molar refractivity (Wildman–Crippen MR) is 101 cm³/mol. The lowest BCUT2D eigenvalue weighted by atomic mass is 10.2. The van der Waals surface area contributed by atoms with E-state index in [-0.39, 0.29) is 11.9 Å². The highest BCUT2D eigenvalue weighted by Crippen LogP contribution is 2.27. The normalized spacial score (nSPS) is 17.6. The molecule has 128 valence electrons. The van der Waals surface area contributed by atoms with Gasteiger partial charge in [-0.25, -0.2) is 0 Å². The zero-order valence-corrected chi connectivity index (χ0v) is 14.5. The van der Waals surface area contributed by atoms with Crippen LogP contribution < -0.4 is 10.2 Å². The quantitative estimate of drug-likeness (QED) is 0.711. The summed E-state index contributed by atoms with van der Waals surface area (Å²) < 4.78 is 5.87. The lowest BCUT2D eigenvalue weighted by Crippen LogP contribution is -2.39. The molecule has 0 saturated carbocycles. The molecule has 4 rings (SSSR count). The average molecular weight is 353 g/mol. The Hall–Kier alpha value is -2.60. The van der Waals surface area contributed by atoms with Crippen LogP contribution in [0.2, 0.25) is 0 Å². The number of anilines is 1. The molecule has 1 saturated heterocycles. The Bertz CT molecular complexity index is 852. The molecule has 0 unspecified atom stereocenters. The van der Waals surface area contributed by atoms with E-state index in [1.54, 1.807) is 17.4 Å². The molecule has 6 heteroatoms. The maximum absolute atomic E-state index is 12.0. The summed E-state index contributed by atoms with van der Waals surface area (Å²) in [5.41, 5.74) is 1.66. The van der Waals surface area contributed by atoms with Crippen LogP contribution in [0.3, 0.4) is 0 Å². The predicted octanol–water partition coefficient (Wildman–Crippen LogP) is 3.69. The summed E-state index contributed by atoms with van der Waals surface area (Å²) >= 11 is 1.61. The highest BCUT2D eigenvalue weighted by Gasteiger charge is 2.28. The molecule has 1 amide bonds. The van der Waals surface area contributed by atoms with Crippen LogP contribution in [0.25, 0.3) is 17.2 Å². The Labute approximate surface area is 150 Å². The first kappa shape index (κ1) is 15.9. The van der Waals surface area contributed by atoms with Gasteiger partial charge in [0.25, 0.3) is 6.01 Å². The molecule has 0 radical (unpaired) electrons. The summed E-state index contributed by atoms with van der Waals surface area (Å²) in [6.07, 6.45) is 5.52. The van der Waals surface area contributed by atoms with Gasteiger partial charge in [0.15, 0.2) is 5.58 Å². The summed E-state index contributed by atoms with van der Waals surface area (Å²) in [5, 5.41) is 4.98. The molecule has 0 spiro atoms. The molecule has 1 N–H and O–H groups in total. The number of carbonyl (C=O) groups is 1. The van der Waals surface area contributed by atoms with E-state index >= 15 is 0 Å². The molecule has 5 nitrogen and oxygen atoms in total. The second kappa shape index (κ2) is 7.11. The van der Waals surface area contributed by atoms with Gasteiger partial charge in [-0.15, -0.1) is 11.3 Å². The minimum Gasteiger partial charge on any atom is -0.423 e. The van der Waals surface area contributed by atoms with Crippen LogP contribution in [0.1, 0.15) is 17.7 Å². The summed E-state index contributed by atoms with van der Waals surface area (Å²) in [6.45, 7) is 1.49. The maximum atomic E-state index is 12.0. The van der Waals surface area contributed by atoms with Gasteiger partial charge in [0, 0.05) is 24.0 Å². The van der Waals surface area contributed by atoms with E-state index in [9.17, 15) is 4.79 Å². The first-order valence-electron chi connectivity index (χ1n) is 8.41. The van der Waals surface area contributed by atoms with Gasteiger partial charge in [0.1, 0.15) is 5.52 Å². The fraction of sp³-hybridized carbons (Fsp3) is 0.263. The van der Waals surface area contributed by atoms with Crippen LogP contribution >= 0.6 is 11.3 Å². The van der Waals surface area contributed by atoms with Gasteiger partial charge in [-0.1, -0.05) is 18.2 Å². The van der Waals surface area contributed by atoms with E-state index in [4.69, 9.17) is 4.42 Å². The van der Waals surface area contributed by atoms with Crippen LogP contribution in [-0.4, -0.2) is 30.0 Å². The lowest BCUT2D eigenvalue weighted by molar-refractivity contribution is -0.116. The molecule has 1 fully saturated rings. The van der Waals surface area contributed by atoms with Crippen molar-refractivity contribution in [2.75, 3.05) is 18.0 Å². The van der Waals surface area contributed by atoms with Crippen molar-refractivity contribution in [3.8, 4) is 0 Å². The number of benzene rings is 1. The van der Waals surface area contributed by atoms with Gasteiger partial charge < -0.3 is 14.6 Å². The van der Waals surface area contributed by atoms with Gasteiger partial charge in [0.2, 0.25) is 5.91 Å². The van der Waals surface area contributed by atoms with Gasteiger partial charge in [-0.3, -0.25) is 4.79 Å². The van der Waals surface area contributed by atoms with Crippen LogP contribution in [0.4, 0.5) is 6.01 Å². The SMILES string of the molecule is O=C(/C=C/c1cccs1)NC[C@@H]1CCCN1c1nc2ccccc2o1. The van der Waals surface area contributed by atoms with Crippen LogP contribution in [0.5, 0.6) is 0 Å². The Morgan fingerprint density at radius 2 is 2.28 bits per heavy atom. The van der Waals surface area contributed by atoms with E-state index in [1.807, 2.05) is 47.9 Å². The topological polar surface area (TPSA) is 58.4 Å². The third-order valence-electron chi connectivity index (χ3n) is 4.36. The number of thiophene rings is 1. The zero-order valence-electron chi connectivity index (χ0n) is 13.7. The summed E-state index contributed by atoms with van der Waals surface area (Å²) in [4.78, 5) is 19.8. The number of nitrogens with zero attached hydrogens (tertiary/aromatic N) is 2. The Balaban J connectivity index is 1.39. The third-order valence-corrected chi connectivity index (χ3v) is 5.20. The lowest BCUT2D eigenvalue weighted by Gasteiger charge is -2.22. The van der Waals surface area contributed by atoms with Crippen molar-refractivity contribution in [3.05, 3.63) is 52.7 Å². The minimum absolute atomic E-state index is 0.0715. The van der Waals surface area contributed by atoms with Crippen molar-refractivity contribution in [2.45, 2.75) is 18.9 Å². The summed E-state index contributed by atoms with van der Waals surface area (Å²) in [6, 6.07) is 12.6. The maximum Gasteiger partial charge on any atom is 0.298 e. The van der Waals surface area contributed by atoms with Gasteiger partial charge in [0.05, 0.1) is 6.04 Å². The number of hydrogen-bond acceptors (Lipinski definition) is 5. The number of fused-ring (bicyclic) bond motifs is 1. The number of aromatic nitrogens is 1. The number of hydrogen-bond donors (Lipinski definition) is 1. The van der Waals surface area contributed by atoms with Crippen molar-refractivity contribution in [2.24, 2.45) is 0 Å². The van der Waals surface area contributed by atoms with Crippen molar-refractivity contribution >= 4 is 40.4 Å². The molecule has 1 aliphatic heterocycles. The molecular formula is C19H19N3O2S. The zero-order chi connectivity index (χ0) is 17.1. The molecule has 1 aromatic carbocycles. The van der Waals surface area contributed by atoms with Crippen molar-refractivity contribution in [1.29, 1.82) is 0 Å². The average Bonchev–Trinajstić information content (AvgIpc) is 3.37. The van der Waals surface area contributed by atoms with E-state index < -0.39 is 0 Å². The fourth-order valence-electron chi connectivity index (χ4n) is 3.10. The van der Waals surface area contributed by atoms with E-state index in [1.165, 1.54) is 0 Å². The van der Waals surface area contributed by atoms with E-state index in [0.717, 1.165) is 35.4 Å². The van der Waals surface area contributed by atoms with Gasteiger partial charge in [-0.05, 0) is 42.5 Å². The second-order valence-electron chi connectivity index (χ2n) is 6.05. The number of amides is 1. The molecule has 0 bridgehead atoms.